The minimum atomic E-state index is -4.26. The number of carbonyl (C=O) groups is 1. The lowest BCUT2D eigenvalue weighted by Gasteiger charge is -2.33. The van der Waals surface area contributed by atoms with E-state index in [0.717, 1.165) is 8.99 Å². The Hall–Kier alpha value is -1.55. The number of aryl methyl sites for hydroxylation is 2. The zero-order chi connectivity index (χ0) is 17.5. The number of carboxylic acid groups (broad SMARTS) is 1. The number of carboxylic acids is 1. The number of aliphatic carboxylic acids is 1. The Morgan fingerprint density at radius 3 is 2.52 bits per heavy atom. The molecule has 1 fully saturated rings. The van der Waals surface area contributed by atoms with Gasteiger partial charge in [0.2, 0.25) is 0 Å². The van der Waals surface area contributed by atoms with Crippen molar-refractivity contribution < 1.29 is 27.1 Å². The van der Waals surface area contributed by atoms with Crippen LogP contribution in [0.15, 0.2) is 5.03 Å². The number of hydrogen-bond donors (Lipinski definition) is 1. The van der Waals surface area contributed by atoms with Gasteiger partial charge in [0.15, 0.2) is 5.03 Å². The number of aromatic nitrogens is 2. The normalized spacial score (nSPS) is 23.4. The molecule has 0 aliphatic carbocycles. The smallest absolute Gasteiger partial charge is 0.307 e. The highest BCUT2D eigenvalue weighted by atomic mass is 32.2. The first-order valence-electron chi connectivity index (χ1n) is 7.10. The minimum absolute atomic E-state index is 0.0547. The number of nitrogens with zero attached hydrogens (tertiary/aromatic N) is 3. The van der Waals surface area contributed by atoms with Crippen LogP contribution in [0.5, 0.6) is 0 Å². The van der Waals surface area contributed by atoms with Crippen LogP contribution < -0.4 is 0 Å². The molecule has 1 saturated heterocycles. The van der Waals surface area contributed by atoms with Crippen LogP contribution in [-0.2, 0) is 21.9 Å². The molecule has 0 aromatic carbocycles. The average Bonchev–Trinajstić information content (AvgIpc) is 2.73. The SMILES string of the molecule is Cc1nn(C)c(S(=O)(=O)N2CC(C)CC(C(=O)O)C2)c1C(F)F. The molecule has 1 aromatic heterocycles. The summed E-state index contributed by atoms with van der Waals surface area (Å²) in [6, 6.07) is 0. The Bertz CT molecular complexity index is 717. The molecule has 0 saturated carbocycles. The average molecular weight is 351 g/mol. The van der Waals surface area contributed by atoms with E-state index in [2.05, 4.69) is 5.10 Å². The predicted molar refractivity (Wildman–Crippen MR) is 76.6 cm³/mol. The van der Waals surface area contributed by atoms with Gasteiger partial charge >= 0.3 is 5.97 Å². The zero-order valence-corrected chi connectivity index (χ0v) is 13.8. The van der Waals surface area contributed by atoms with E-state index in [0.29, 0.717) is 6.42 Å². The monoisotopic (exact) mass is 351 g/mol. The second-order valence-electron chi connectivity index (χ2n) is 5.93. The number of hydrogen-bond acceptors (Lipinski definition) is 4. The van der Waals surface area contributed by atoms with Crippen molar-refractivity contribution in [2.45, 2.75) is 31.7 Å². The molecule has 7 nitrogen and oxygen atoms in total. The molecule has 2 unspecified atom stereocenters. The third-order valence-electron chi connectivity index (χ3n) is 3.99. The first-order chi connectivity index (χ1) is 10.6. The van der Waals surface area contributed by atoms with Crippen molar-refractivity contribution in [2.75, 3.05) is 13.1 Å². The van der Waals surface area contributed by atoms with Gasteiger partial charge in [-0.15, -0.1) is 0 Å². The summed E-state index contributed by atoms with van der Waals surface area (Å²) in [5.74, 6) is -2.12. The van der Waals surface area contributed by atoms with Gasteiger partial charge in [-0.3, -0.25) is 9.48 Å². The first-order valence-corrected chi connectivity index (χ1v) is 8.54. The van der Waals surface area contributed by atoms with Crippen molar-refractivity contribution in [3.8, 4) is 0 Å². The molecule has 130 valence electrons. The summed E-state index contributed by atoms with van der Waals surface area (Å²) in [7, 11) is -2.97. The Kier molecular flexibility index (Phi) is 4.76. The van der Waals surface area contributed by atoms with E-state index in [4.69, 9.17) is 5.11 Å². The first kappa shape index (κ1) is 17.8. The topological polar surface area (TPSA) is 92.5 Å². The Morgan fingerprint density at radius 1 is 1.39 bits per heavy atom. The molecule has 23 heavy (non-hydrogen) atoms. The van der Waals surface area contributed by atoms with Gasteiger partial charge in [-0.1, -0.05) is 6.92 Å². The fraction of sp³-hybridized carbons (Fsp3) is 0.692. The molecular weight excluding hydrogens is 332 g/mol. The molecule has 0 bridgehead atoms. The lowest BCUT2D eigenvalue weighted by Crippen LogP contribution is -2.46. The lowest BCUT2D eigenvalue weighted by molar-refractivity contribution is -0.143. The molecule has 0 radical (unpaired) electrons. The molecule has 2 heterocycles. The summed E-state index contributed by atoms with van der Waals surface area (Å²) >= 11 is 0. The van der Waals surface area contributed by atoms with Crippen LogP contribution in [0.2, 0.25) is 0 Å². The maximum absolute atomic E-state index is 13.3. The van der Waals surface area contributed by atoms with E-state index < -0.39 is 38.9 Å². The molecule has 1 aliphatic rings. The van der Waals surface area contributed by atoms with Crippen LogP contribution in [0.25, 0.3) is 0 Å². The molecule has 1 N–H and O–H groups in total. The predicted octanol–water partition coefficient (Wildman–Crippen LogP) is 1.40. The maximum Gasteiger partial charge on any atom is 0.307 e. The molecule has 2 rings (SSSR count). The summed E-state index contributed by atoms with van der Waals surface area (Å²) in [6.07, 6.45) is -2.63. The van der Waals surface area contributed by atoms with E-state index >= 15 is 0 Å². The molecule has 2 atom stereocenters. The maximum atomic E-state index is 13.3. The summed E-state index contributed by atoms with van der Waals surface area (Å²) in [4.78, 5) is 11.2. The Balaban J connectivity index is 2.48. The van der Waals surface area contributed by atoms with E-state index in [1.54, 1.807) is 6.92 Å². The minimum Gasteiger partial charge on any atom is -0.481 e. The third kappa shape index (κ3) is 3.23. The fourth-order valence-electron chi connectivity index (χ4n) is 3.01. The van der Waals surface area contributed by atoms with Gasteiger partial charge in [-0.05, 0) is 19.3 Å². The lowest BCUT2D eigenvalue weighted by atomic mass is 9.92. The number of piperidine rings is 1. The van der Waals surface area contributed by atoms with Gasteiger partial charge < -0.3 is 5.11 Å². The highest BCUT2D eigenvalue weighted by Crippen LogP contribution is 2.33. The molecule has 1 aliphatic heterocycles. The van der Waals surface area contributed by atoms with Crippen molar-refractivity contribution in [2.24, 2.45) is 18.9 Å². The van der Waals surface area contributed by atoms with Gasteiger partial charge in [-0.2, -0.15) is 9.40 Å². The highest BCUT2D eigenvalue weighted by molar-refractivity contribution is 7.89. The van der Waals surface area contributed by atoms with Crippen molar-refractivity contribution in [1.29, 1.82) is 0 Å². The molecule has 0 spiro atoms. The van der Waals surface area contributed by atoms with Crippen molar-refractivity contribution in [1.82, 2.24) is 14.1 Å². The largest absolute Gasteiger partial charge is 0.481 e. The van der Waals surface area contributed by atoms with Crippen molar-refractivity contribution in [3.63, 3.8) is 0 Å². The standard InChI is InChI=1S/C13H19F2N3O4S/c1-7-4-9(13(19)20)6-18(5-7)23(21,22)12-10(11(14)15)8(2)16-17(12)3/h7,9,11H,4-6H2,1-3H3,(H,19,20). The van der Waals surface area contributed by atoms with E-state index in [1.165, 1.54) is 14.0 Å². The highest BCUT2D eigenvalue weighted by Gasteiger charge is 2.40. The van der Waals surface area contributed by atoms with Gasteiger partial charge in [0, 0.05) is 20.1 Å². The summed E-state index contributed by atoms with van der Waals surface area (Å²) in [6.45, 7) is 2.92. The van der Waals surface area contributed by atoms with E-state index in [1.807, 2.05) is 0 Å². The molecule has 1 aromatic rings. The Labute approximate surface area is 132 Å². The van der Waals surface area contributed by atoms with Crippen LogP contribution in [0.3, 0.4) is 0 Å². The van der Waals surface area contributed by atoms with Gasteiger partial charge in [0.25, 0.3) is 16.4 Å². The molecule has 0 amide bonds. The number of sulfonamides is 1. The van der Waals surface area contributed by atoms with Crippen LogP contribution in [-0.4, -0.2) is 46.7 Å². The summed E-state index contributed by atoms with van der Waals surface area (Å²) < 4.78 is 54.0. The van der Waals surface area contributed by atoms with Gasteiger partial charge in [0.1, 0.15) is 0 Å². The third-order valence-corrected chi connectivity index (χ3v) is 5.94. The van der Waals surface area contributed by atoms with Crippen LogP contribution in [0, 0.1) is 18.8 Å². The Morgan fingerprint density at radius 2 is 2.00 bits per heavy atom. The number of rotatable bonds is 4. The van der Waals surface area contributed by atoms with Gasteiger partial charge in [0.05, 0.1) is 17.2 Å². The number of alkyl halides is 2. The summed E-state index contributed by atoms with van der Waals surface area (Å²) in [5, 5.41) is 12.4. The molecule has 10 heteroatoms. The number of halogens is 2. The van der Waals surface area contributed by atoms with Crippen LogP contribution in [0.4, 0.5) is 8.78 Å². The van der Waals surface area contributed by atoms with Crippen molar-refractivity contribution in [3.05, 3.63) is 11.3 Å². The van der Waals surface area contributed by atoms with E-state index in [-0.39, 0.29) is 24.7 Å². The van der Waals surface area contributed by atoms with Gasteiger partial charge in [-0.25, -0.2) is 17.2 Å². The van der Waals surface area contributed by atoms with Crippen molar-refractivity contribution >= 4 is 16.0 Å². The van der Waals surface area contributed by atoms with Crippen LogP contribution in [0.1, 0.15) is 31.0 Å². The zero-order valence-electron chi connectivity index (χ0n) is 13.0. The van der Waals surface area contributed by atoms with E-state index in [9.17, 15) is 22.0 Å². The van der Waals surface area contributed by atoms with Crippen LogP contribution >= 0.6 is 0 Å². The molecular formula is C13H19F2N3O4S. The second kappa shape index (κ2) is 6.16. The quantitative estimate of drug-likeness (QED) is 0.885. The second-order valence-corrected chi connectivity index (χ2v) is 7.78. The fourth-order valence-corrected chi connectivity index (χ4v) is 4.97. The summed E-state index contributed by atoms with van der Waals surface area (Å²) in [5.41, 5.74) is -0.682.